The van der Waals surface area contributed by atoms with E-state index in [4.69, 9.17) is 4.42 Å². The van der Waals surface area contributed by atoms with Crippen LogP contribution in [0.15, 0.2) is 40.0 Å². The Morgan fingerprint density at radius 3 is 2.68 bits per heavy atom. The molecule has 0 radical (unpaired) electrons. The van der Waals surface area contributed by atoms with E-state index in [2.05, 4.69) is 35.3 Å². The summed E-state index contributed by atoms with van der Waals surface area (Å²) < 4.78 is 5.71. The van der Waals surface area contributed by atoms with Gasteiger partial charge in [0.1, 0.15) is 5.54 Å². The average molecular weight is 399 g/mol. The molecule has 2 aromatic rings. The number of benzene rings is 1. The van der Waals surface area contributed by atoms with E-state index in [0.717, 1.165) is 32.1 Å². The number of hydrogen-bond donors (Lipinski definition) is 0. The van der Waals surface area contributed by atoms with Crippen LogP contribution in [0.25, 0.3) is 0 Å². The first-order valence-electron chi connectivity index (χ1n) is 9.72. The minimum atomic E-state index is -0.666. The molecule has 3 rings (SSSR count). The standard InChI is InChI=1S/C21H26N4O2S/c1-16(17-9-5-3-6-10-17)13-18-23-24-20(27-18)28-14-19(26)25(2)21(15-22)11-7-4-8-12-21/h3,5-6,9-10,16H,4,7-8,11-14H2,1-2H3. The molecule has 0 N–H and O–H groups in total. The van der Waals surface area contributed by atoms with Gasteiger partial charge in [0.2, 0.25) is 11.8 Å². The first-order chi connectivity index (χ1) is 13.5. The third kappa shape index (κ3) is 4.74. The Kier molecular flexibility index (Phi) is 6.74. The van der Waals surface area contributed by atoms with Crippen molar-refractivity contribution in [1.82, 2.24) is 15.1 Å². The second-order valence-electron chi connectivity index (χ2n) is 7.42. The lowest BCUT2D eigenvalue weighted by molar-refractivity contribution is -0.131. The van der Waals surface area contributed by atoms with Gasteiger partial charge in [-0.1, -0.05) is 68.3 Å². The van der Waals surface area contributed by atoms with Crippen molar-refractivity contribution < 1.29 is 9.21 Å². The van der Waals surface area contributed by atoms with Gasteiger partial charge < -0.3 is 9.32 Å². The van der Waals surface area contributed by atoms with Gasteiger partial charge in [0.05, 0.1) is 11.8 Å². The number of aromatic nitrogens is 2. The Morgan fingerprint density at radius 2 is 2.00 bits per heavy atom. The van der Waals surface area contributed by atoms with Crippen LogP contribution in [0.5, 0.6) is 0 Å². The summed E-state index contributed by atoms with van der Waals surface area (Å²) in [5.74, 6) is 0.954. The largest absolute Gasteiger partial charge is 0.416 e. The Balaban J connectivity index is 1.54. The van der Waals surface area contributed by atoms with Crippen molar-refractivity contribution in [3.63, 3.8) is 0 Å². The maximum absolute atomic E-state index is 12.6. The number of thioether (sulfide) groups is 1. The zero-order chi connectivity index (χ0) is 20.0. The highest BCUT2D eigenvalue weighted by Gasteiger charge is 2.38. The number of rotatable bonds is 7. The minimum Gasteiger partial charge on any atom is -0.416 e. The number of amides is 1. The zero-order valence-corrected chi connectivity index (χ0v) is 17.2. The van der Waals surface area contributed by atoms with Crippen LogP contribution in [0.2, 0.25) is 0 Å². The van der Waals surface area contributed by atoms with Crippen molar-refractivity contribution >= 4 is 17.7 Å². The number of hydrogen-bond acceptors (Lipinski definition) is 6. The van der Waals surface area contributed by atoms with Gasteiger partial charge in [-0.2, -0.15) is 5.26 Å². The average Bonchev–Trinajstić information content (AvgIpc) is 3.19. The Bertz CT molecular complexity index is 824. The summed E-state index contributed by atoms with van der Waals surface area (Å²) in [4.78, 5) is 14.2. The molecule has 0 aliphatic heterocycles. The molecular formula is C21H26N4O2S. The van der Waals surface area contributed by atoms with E-state index in [0.29, 0.717) is 17.5 Å². The monoisotopic (exact) mass is 398 g/mol. The summed E-state index contributed by atoms with van der Waals surface area (Å²) in [5, 5.41) is 18.2. The first-order valence-corrected chi connectivity index (χ1v) is 10.7. The van der Waals surface area contributed by atoms with Gasteiger partial charge in [0.15, 0.2) is 0 Å². The molecular weight excluding hydrogens is 372 g/mol. The van der Waals surface area contributed by atoms with Crippen LogP contribution in [-0.4, -0.2) is 39.3 Å². The van der Waals surface area contributed by atoms with Crippen LogP contribution < -0.4 is 0 Å². The predicted molar refractivity (Wildman–Crippen MR) is 108 cm³/mol. The van der Waals surface area contributed by atoms with Crippen molar-refractivity contribution in [3.05, 3.63) is 41.8 Å². The molecule has 7 heteroatoms. The maximum Gasteiger partial charge on any atom is 0.277 e. The van der Waals surface area contributed by atoms with Gasteiger partial charge in [-0.3, -0.25) is 4.79 Å². The van der Waals surface area contributed by atoms with Gasteiger partial charge in [-0.15, -0.1) is 10.2 Å². The van der Waals surface area contributed by atoms with Crippen LogP contribution >= 0.6 is 11.8 Å². The lowest BCUT2D eigenvalue weighted by Gasteiger charge is -2.38. The fourth-order valence-corrected chi connectivity index (χ4v) is 4.35. The molecule has 1 aliphatic rings. The fourth-order valence-electron chi connectivity index (χ4n) is 3.66. The second-order valence-corrected chi connectivity index (χ2v) is 8.35. The molecule has 1 aromatic carbocycles. The molecule has 1 aromatic heterocycles. The third-order valence-corrected chi connectivity index (χ3v) is 6.33. The summed E-state index contributed by atoms with van der Waals surface area (Å²) in [6.07, 6.45) is 5.27. The Labute approximate surface area is 170 Å². The third-order valence-electron chi connectivity index (χ3n) is 5.52. The van der Waals surface area contributed by atoms with Gasteiger partial charge in [-0.25, -0.2) is 0 Å². The first kappa shape index (κ1) is 20.4. The zero-order valence-electron chi connectivity index (χ0n) is 16.4. The molecule has 1 atom stereocenters. The summed E-state index contributed by atoms with van der Waals surface area (Å²) in [6.45, 7) is 2.12. The number of nitriles is 1. The van der Waals surface area contributed by atoms with E-state index >= 15 is 0 Å². The van der Waals surface area contributed by atoms with Gasteiger partial charge in [0.25, 0.3) is 5.22 Å². The lowest BCUT2D eigenvalue weighted by atomic mass is 9.81. The lowest BCUT2D eigenvalue weighted by Crippen LogP contribution is -2.50. The van der Waals surface area contributed by atoms with Crippen molar-refractivity contribution in [2.45, 2.75) is 62.1 Å². The van der Waals surface area contributed by atoms with Crippen molar-refractivity contribution in [2.75, 3.05) is 12.8 Å². The van der Waals surface area contributed by atoms with Gasteiger partial charge in [-0.05, 0) is 24.3 Å². The smallest absolute Gasteiger partial charge is 0.277 e. The highest BCUT2D eigenvalue weighted by Crippen LogP contribution is 2.33. The van der Waals surface area contributed by atoms with Crippen molar-refractivity contribution in [2.24, 2.45) is 0 Å². The van der Waals surface area contributed by atoms with E-state index in [1.165, 1.54) is 17.3 Å². The summed E-state index contributed by atoms with van der Waals surface area (Å²) >= 11 is 1.23. The summed E-state index contributed by atoms with van der Waals surface area (Å²) in [5.41, 5.74) is 0.557. The summed E-state index contributed by atoms with van der Waals surface area (Å²) in [6, 6.07) is 12.6. The molecule has 28 heavy (non-hydrogen) atoms. The summed E-state index contributed by atoms with van der Waals surface area (Å²) in [7, 11) is 1.73. The molecule has 1 saturated carbocycles. The topological polar surface area (TPSA) is 83.0 Å². The van der Waals surface area contributed by atoms with E-state index in [1.54, 1.807) is 11.9 Å². The molecule has 1 unspecified atom stereocenters. The quantitative estimate of drug-likeness (QED) is 0.650. The van der Waals surface area contributed by atoms with Crippen molar-refractivity contribution in [3.8, 4) is 6.07 Å². The highest BCUT2D eigenvalue weighted by molar-refractivity contribution is 7.99. The molecule has 1 aliphatic carbocycles. The molecule has 0 saturated heterocycles. The Morgan fingerprint density at radius 1 is 1.29 bits per heavy atom. The SMILES string of the molecule is CC(Cc1nnc(SCC(=O)N(C)C2(C#N)CCCCC2)o1)c1ccccc1. The molecule has 1 amide bonds. The molecule has 0 spiro atoms. The number of carbonyl (C=O) groups excluding carboxylic acids is 1. The van der Waals surface area contributed by atoms with Crippen LogP contribution in [0.1, 0.15) is 56.4 Å². The molecule has 1 heterocycles. The van der Waals surface area contributed by atoms with E-state index in [9.17, 15) is 10.1 Å². The van der Waals surface area contributed by atoms with Crippen molar-refractivity contribution in [1.29, 1.82) is 5.26 Å². The van der Waals surface area contributed by atoms with E-state index in [-0.39, 0.29) is 17.6 Å². The number of nitrogens with zero attached hydrogens (tertiary/aromatic N) is 4. The van der Waals surface area contributed by atoms with Gasteiger partial charge in [0, 0.05) is 13.5 Å². The fraction of sp³-hybridized carbons (Fsp3) is 0.524. The Hall–Kier alpha value is -2.33. The van der Waals surface area contributed by atoms with Crippen LogP contribution in [0.3, 0.4) is 0 Å². The molecule has 0 bridgehead atoms. The normalized spacial score (nSPS) is 16.9. The maximum atomic E-state index is 12.6. The molecule has 1 fully saturated rings. The van der Waals surface area contributed by atoms with Crippen LogP contribution in [-0.2, 0) is 11.2 Å². The van der Waals surface area contributed by atoms with Crippen LogP contribution in [0, 0.1) is 11.3 Å². The minimum absolute atomic E-state index is 0.0779. The van der Waals surface area contributed by atoms with Crippen LogP contribution in [0.4, 0.5) is 0 Å². The van der Waals surface area contributed by atoms with E-state index in [1.807, 2.05) is 18.2 Å². The molecule has 6 nitrogen and oxygen atoms in total. The predicted octanol–water partition coefficient (Wildman–Crippen LogP) is 4.19. The number of carbonyl (C=O) groups is 1. The van der Waals surface area contributed by atoms with Gasteiger partial charge >= 0.3 is 0 Å². The molecule has 148 valence electrons. The highest BCUT2D eigenvalue weighted by atomic mass is 32.2. The van der Waals surface area contributed by atoms with E-state index < -0.39 is 5.54 Å². The second kappa shape index (κ2) is 9.24.